The van der Waals surface area contributed by atoms with E-state index in [4.69, 9.17) is 5.11 Å². The lowest BCUT2D eigenvalue weighted by Gasteiger charge is -2.12. The standard InChI is InChI=1S/C11H14F3NO/c1-3-8(2)6-15-5-4-9(7-15)10(16)11(12,13)14/h4-5,7,10,16H,2-3,6H2,1H3. The van der Waals surface area contributed by atoms with Crippen molar-refractivity contribution in [2.45, 2.75) is 32.2 Å². The zero-order valence-corrected chi connectivity index (χ0v) is 8.96. The van der Waals surface area contributed by atoms with Crippen LogP contribution in [-0.2, 0) is 6.54 Å². The van der Waals surface area contributed by atoms with Crippen molar-refractivity contribution >= 4 is 0 Å². The third-order valence-corrected chi connectivity index (χ3v) is 2.31. The van der Waals surface area contributed by atoms with Crippen LogP contribution in [0.1, 0.15) is 25.0 Å². The SMILES string of the molecule is C=C(CC)Cn1ccc(C(O)C(F)(F)F)c1. The van der Waals surface area contributed by atoms with Gasteiger partial charge in [0.25, 0.3) is 0 Å². The van der Waals surface area contributed by atoms with Crippen molar-refractivity contribution < 1.29 is 18.3 Å². The molecular weight excluding hydrogens is 219 g/mol. The Morgan fingerprint density at radius 3 is 2.69 bits per heavy atom. The quantitative estimate of drug-likeness (QED) is 0.794. The monoisotopic (exact) mass is 233 g/mol. The Morgan fingerprint density at radius 1 is 1.56 bits per heavy atom. The van der Waals surface area contributed by atoms with Crippen LogP contribution in [0.4, 0.5) is 13.2 Å². The number of aliphatic hydroxyl groups excluding tert-OH is 1. The molecule has 0 radical (unpaired) electrons. The summed E-state index contributed by atoms with van der Waals surface area (Å²) in [4.78, 5) is 0. The number of allylic oxidation sites excluding steroid dienone is 1. The second-order valence-electron chi connectivity index (χ2n) is 3.66. The van der Waals surface area contributed by atoms with E-state index in [1.807, 2.05) is 6.92 Å². The predicted octanol–water partition coefficient (Wildman–Crippen LogP) is 3.05. The molecule has 1 aromatic heterocycles. The van der Waals surface area contributed by atoms with Gasteiger partial charge in [-0.3, -0.25) is 0 Å². The molecule has 0 aliphatic heterocycles. The second kappa shape index (κ2) is 4.74. The lowest BCUT2D eigenvalue weighted by molar-refractivity contribution is -0.206. The van der Waals surface area contributed by atoms with Gasteiger partial charge in [-0.1, -0.05) is 19.1 Å². The Labute approximate surface area is 92.0 Å². The molecule has 0 saturated heterocycles. The average Bonchev–Trinajstić information content (AvgIpc) is 2.63. The topological polar surface area (TPSA) is 25.2 Å². The number of hydrogen-bond donors (Lipinski definition) is 1. The molecule has 16 heavy (non-hydrogen) atoms. The number of rotatable bonds is 4. The van der Waals surface area contributed by atoms with Gasteiger partial charge in [0.2, 0.25) is 0 Å². The van der Waals surface area contributed by atoms with Gasteiger partial charge in [0.05, 0.1) is 0 Å². The third kappa shape index (κ3) is 3.13. The smallest absolute Gasteiger partial charge is 0.379 e. The Morgan fingerprint density at radius 2 is 2.19 bits per heavy atom. The molecule has 1 unspecified atom stereocenters. The van der Waals surface area contributed by atoms with E-state index < -0.39 is 12.3 Å². The zero-order valence-electron chi connectivity index (χ0n) is 8.96. The molecule has 1 N–H and O–H groups in total. The summed E-state index contributed by atoms with van der Waals surface area (Å²) < 4.78 is 38.2. The Hall–Kier alpha value is -1.23. The summed E-state index contributed by atoms with van der Waals surface area (Å²) in [6, 6.07) is 1.26. The number of nitrogens with zero attached hydrogens (tertiary/aromatic N) is 1. The van der Waals surface area contributed by atoms with Crippen molar-refractivity contribution in [3.63, 3.8) is 0 Å². The van der Waals surface area contributed by atoms with E-state index in [2.05, 4.69) is 6.58 Å². The number of halogens is 3. The van der Waals surface area contributed by atoms with Crippen LogP contribution in [0, 0.1) is 0 Å². The van der Waals surface area contributed by atoms with E-state index >= 15 is 0 Å². The fraction of sp³-hybridized carbons (Fsp3) is 0.455. The first-order valence-corrected chi connectivity index (χ1v) is 4.91. The van der Waals surface area contributed by atoms with Gasteiger partial charge in [0, 0.05) is 24.5 Å². The summed E-state index contributed by atoms with van der Waals surface area (Å²) in [6.45, 7) is 6.17. The normalized spacial score (nSPS) is 13.8. The van der Waals surface area contributed by atoms with Crippen LogP contribution in [0.25, 0.3) is 0 Å². The van der Waals surface area contributed by atoms with Gasteiger partial charge in [-0.25, -0.2) is 0 Å². The van der Waals surface area contributed by atoms with E-state index in [9.17, 15) is 13.2 Å². The third-order valence-electron chi connectivity index (χ3n) is 2.31. The minimum absolute atomic E-state index is 0.142. The second-order valence-corrected chi connectivity index (χ2v) is 3.66. The highest BCUT2D eigenvalue weighted by Gasteiger charge is 2.39. The molecule has 1 heterocycles. The molecule has 90 valence electrons. The Kier molecular flexibility index (Phi) is 3.80. The molecule has 1 aromatic rings. The molecule has 0 aliphatic carbocycles. The van der Waals surface area contributed by atoms with Gasteiger partial charge in [-0.15, -0.1) is 0 Å². The van der Waals surface area contributed by atoms with E-state index in [0.717, 1.165) is 12.0 Å². The highest BCUT2D eigenvalue weighted by atomic mass is 19.4. The first-order chi connectivity index (χ1) is 7.34. The van der Waals surface area contributed by atoms with Crippen LogP contribution in [-0.4, -0.2) is 15.8 Å². The van der Waals surface area contributed by atoms with Crippen LogP contribution in [0.5, 0.6) is 0 Å². The summed E-state index contributed by atoms with van der Waals surface area (Å²) in [5.74, 6) is 0. The first-order valence-electron chi connectivity index (χ1n) is 4.91. The summed E-state index contributed by atoms with van der Waals surface area (Å²) in [7, 11) is 0. The maximum atomic E-state index is 12.2. The maximum absolute atomic E-state index is 12.2. The van der Waals surface area contributed by atoms with Gasteiger partial charge in [0.15, 0.2) is 6.10 Å². The summed E-state index contributed by atoms with van der Waals surface area (Å²) >= 11 is 0. The van der Waals surface area contributed by atoms with E-state index in [0.29, 0.717) is 6.54 Å². The molecule has 0 amide bonds. The zero-order chi connectivity index (χ0) is 12.3. The number of aromatic nitrogens is 1. The fourth-order valence-electron chi connectivity index (χ4n) is 1.28. The van der Waals surface area contributed by atoms with Crippen LogP contribution < -0.4 is 0 Å². The number of aliphatic hydroxyl groups is 1. The van der Waals surface area contributed by atoms with Crippen LogP contribution in [0.2, 0.25) is 0 Å². The molecule has 1 atom stereocenters. The lowest BCUT2D eigenvalue weighted by atomic mass is 10.2. The van der Waals surface area contributed by atoms with Gasteiger partial charge in [-0.05, 0) is 12.5 Å². The number of hydrogen-bond acceptors (Lipinski definition) is 1. The molecule has 0 spiro atoms. The Balaban J connectivity index is 2.75. The fourth-order valence-corrected chi connectivity index (χ4v) is 1.28. The lowest BCUT2D eigenvalue weighted by Crippen LogP contribution is -2.19. The van der Waals surface area contributed by atoms with Crippen molar-refractivity contribution in [1.82, 2.24) is 4.57 Å². The summed E-state index contributed by atoms with van der Waals surface area (Å²) in [5, 5.41) is 9.00. The van der Waals surface area contributed by atoms with Crippen molar-refractivity contribution in [1.29, 1.82) is 0 Å². The highest BCUT2D eigenvalue weighted by molar-refractivity contribution is 5.16. The number of alkyl halides is 3. The van der Waals surface area contributed by atoms with Gasteiger partial charge < -0.3 is 9.67 Å². The van der Waals surface area contributed by atoms with Gasteiger partial charge in [-0.2, -0.15) is 13.2 Å². The minimum Gasteiger partial charge on any atom is -0.379 e. The first kappa shape index (κ1) is 12.8. The summed E-state index contributed by atoms with van der Waals surface area (Å²) in [6.07, 6.45) is -3.46. The van der Waals surface area contributed by atoms with E-state index in [1.54, 1.807) is 4.57 Å². The van der Waals surface area contributed by atoms with Crippen molar-refractivity contribution in [2.24, 2.45) is 0 Å². The van der Waals surface area contributed by atoms with E-state index in [-0.39, 0.29) is 5.56 Å². The molecule has 0 saturated carbocycles. The molecule has 0 aromatic carbocycles. The van der Waals surface area contributed by atoms with E-state index in [1.165, 1.54) is 18.5 Å². The average molecular weight is 233 g/mol. The Bertz CT molecular complexity index is 368. The molecular formula is C11H14F3NO. The highest BCUT2D eigenvalue weighted by Crippen LogP contribution is 2.32. The van der Waals surface area contributed by atoms with Crippen LogP contribution in [0.15, 0.2) is 30.6 Å². The predicted molar refractivity (Wildman–Crippen MR) is 54.9 cm³/mol. The van der Waals surface area contributed by atoms with Gasteiger partial charge in [0.1, 0.15) is 0 Å². The van der Waals surface area contributed by atoms with Gasteiger partial charge >= 0.3 is 6.18 Å². The molecule has 0 aliphatic rings. The van der Waals surface area contributed by atoms with Crippen LogP contribution >= 0.6 is 0 Å². The molecule has 1 rings (SSSR count). The minimum atomic E-state index is -4.62. The van der Waals surface area contributed by atoms with Crippen LogP contribution in [0.3, 0.4) is 0 Å². The maximum Gasteiger partial charge on any atom is 0.418 e. The largest absolute Gasteiger partial charge is 0.418 e. The van der Waals surface area contributed by atoms with Crippen molar-refractivity contribution in [2.75, 3.05) is 0 Å². The van der Waals surface area contributed by atoms with Crippen molar-refractivity contribution in [3.05, 3.63) is 36.2 Å². The molecule has 0 bridgehead atoms. The summed E-state index contributed by atoms with van der Waals surface area (Å²) in [5.41, 5.74) is 0.778. The molecule has 5 heteroatoms. The molecule has 0 fully saturated rings. The van der Waals surface area contributed by atoms with Crippen molar-refractivity contribution in [3.8, 4) is 0 Å². The molecule has 2 nitrogen and oxygen atoms in total.